The highest BCUT2D eigenvalue weighted by molar-refractivity contribution is 5.97. The molecular formula is C19H22N4O2. The van der Waals surface area contributed by atoms with Crippen molar-refractivity contribution in [2.24, 2.45) is 0 Å². The van der Waals surface area contributed by atoms with Crippen molar-refractivity contribution in [1.82, 2.24) is 14.9 Å². The molecule has 130 valence electrons. The molecule has 2 amide bonds. The molecule has 0 saturated carbocycles. The molecule has 0 unspecified atom stereocenters. The summed E-state index contributed by atoms with van der Waals surface area (Å²) in [7, 11) is 0. The van der Waals surface area contributed by atoms with E-state index in [2.05, 4.69) is 20.9 Å². The van der Waals surface area contributed by atoms with Gasteiger partial charge in [-0.25, -0.2) is 4.98 Å². The minimum Gasteiger partial charge on any atom is -0.352 e. The normalized spacial score (nSPS) is 19.3. The third kappa shape index (κ3) is 3.29. The molecule has 3 heterocycles. The number of carbonyl (C=O) groups excluding carboxylic acids is 2. The van der Waals surface area contributed by atoms with Gasteiger partial charge < -0.3 is 14.8 Å². The number of anilines is 1. The molecule has 0 aliphatic carbocycles. The van der Waals surface area contributed by atoms with Gasteiger partial charge in [0.25, 0.3) is 0 Å². The summed E-state index contributed by atoms with van der Waals surface area (Å²) >= 11 is 0. The maximum Gasteiger partial charge on any atom is 0.227 e. The van der Waals surface area contributed by atoms with Crippen LogP contribution in [0.3, 0.4) is 0 Å². The quantitative estimate of drug-likeness (QED) is 0.922. The Balaban J connectivity index is 1.34. The molecule has 25 heavy (non-hydrogen) atoms. The van der Waals surface area contributed by atoms with Crippen molar-refractivity contribution >= 4 is 17.5 Å². The van der Waals surface area contributed by atoms with Crippen LogP contribution in [0.25, 0.3) is 0 Å². The van der Waals surface area contributed by atoms with Crippen LogP contribution in [0.2, 0.25) is 0 Å². The SMILES string of the molecule is O=C(CCN1C(=O)CCc2ccccc21)N[C@@H]1CCc2nccn2C1. The van der Waals surface area contributed by atoms with Crippen molar-refractivity contribution in [2.75, 3.05) is 11.4 Å². The second-order valence-electron chi connectivity index (χ2n) is 6.72. The lowest BCUT2D eigenvalue weighted by Crippen LogP contribution is -2.43. The summed E-state index contributed by atoms with van der Waals surface area (Å²) in [5.74, 6) is 1.19. The average molecular weight is 338 g/mol. The molecule has 0 bridgehead atoms. The number of rotatable bonds is 4. The number of aromatic nitrogens is 2. The lowest BCUT2D eigenvalue weighted by Gasteiger charge is -2.30. The fraction of sp³-hybridized carbons (Fsp3) is 0.421. The summed E-state index contributed by atoms with van der Waals surface area (Å²) in [6.07, 6.45) is 7.19. The number of hydrogen-bond acceptors (Lipinski definition) is 3. The number of hydrogen-bond donors (Lipinski definition) is 1. The van der Waals surface area contributed by atoms with E-state index in [1.54, 1.807) is 11.1 Å². The highest BCUT2D eigenvalue weighted by Gasteiger charge is 2.25. The van der Waals surface area contributed by atoms with Crippen LogP contribution in [0.15, 0.2) is 36.7 Å². The van der Waals surface area contributed by atoms with Crippen molar-refractivity contribution in [3.63, 3.8) is 0 Å². The van der Waals surface area contributed by atoms with E-state index >= 15 is 0 Å². The summed E-state index contributed by atoms with van der Waals surface area (Å²) in [5.41, 5.74) is 2.13. The average Bonchev–Trinajstić information content (AvgIpc) is 3.08. The van der Waals surface area contributed by atoms with Crippen molar-refractivity contribution < 1.29 is 9.59 Å². The van der Waals surface area contributed by atoms with Crippen LogP contribution in [0.1, 0.15) is 30.7 Å². The van der Waals surface area contributed by atoms with Gasteiger partial charge in [-0.15, -0.1) is 0 Å². The summed E-state index contributed by atoms with van der Waals surface area (Å²) in [5, 5.41) is 3.10. The minimum absolute atomic E-state index is 0.00409. The van der Waals surface area contributed by atoms with Gasteiger partial charge >= 0.3 is 0 Å². The highest BCUT2D eigenvalue weighted by atomic mass is 16.2. The number of carbonyl (C=O) groups is 2. The molecule has 1 N–H and O–H groups in total. The molecule has 6 nitrogen and oxygen atoms in total. The number of amides is 2. The summed E-state index contributed by atoms with van der Waals surface area (Å²) in [6, 6.07) is 8.09. The molecular weight excluding hydrogens is 316 g/mol. The maximum absolute atomic E-state index is 12.3. The first-order valence-corrected chi connectivity index (χ1v) is 8.88. The Morgan fingerprint density at radius 3 is 3.04 bits per heavy atom. The van der Waals surface area contributed by atoms with Crippen molar-refractivity contribution in [2.45, 2.75) is 44.7 Å². The van der Waals surface area contributed by atoms with E-state index in [9.17, 15) is 9.59 Å². The van der Waals surface area contributed by atoms with Crippen molar-refractivity contribution in [3.05, 3.63) is 48.0 Å². The molecule has 4 rings (SSSR count). The Hall–Kier alpha value is -2.63. The second kappa shape index (κ2) is 6.70. The van der Waals surface area contributed by atoms with Gasteiger partial charge in [-0.05, 0) is 24.5 Å². The van der Waals surface area contributed by atoms with E-state index in [1.807, 2.05) is 24.4 Å². The zero-order valence-corrected chi connectivity index (χ0v) is 14.1. The largest absolute Gasteiger partial charge is 0.352 e. The van der Waals surface area contributed by atoms with E-state index in [4.69, 9.17) is 0 Å². The first kappa shape index (κ1) is 15.9. The number of imidazole rings is 1. The van der Waals surface area contributed by atoms with Gasteiger partial charge in [0, 0.05) is 56.5 Å². The van der Waals surface area contributed by atoms with E-state index < -0.39 is 0 Å². The number of benzene rings is 1. The molecule has 0 radical (unpaired) electrons. The van der Waals surface area contributed by atoms with Crippen LogP contribution >= 0.6 is 0 Å². The van der Waals surface area contributed by atoms with Crippen LogP contribution < -0.4 is 10.2 Å². The number of fused-ring (bicyclic) bond motifs is 2. The molecule has 0 saturated heterocycles. The first-order chi connectivity index (χ1) is 12.2. The number of nitrogens with zero attached hydrogens (tertiary/aromatic N) is 3. The van der Waals surface area contributed by atoms with Crippen LogP contribution in [-0.4, -0.2) is 34.0 Å². The van der Waals surface area contributed by atoms with Crippen molar-refractivity contribution in [1.29, 1.82) is 0 Å². The zero-order valence-electron chi connectivity index (χ0n) is 14.1. The molecule has 1 aromatic heterocycles. The van der Waals surface area contributed by atoms with Crippen molar-refractivity contribution in [3.8, 4) is 0 Å². The predicted molar refractivity (Wildman–Crippen MR) is 94.2 cm³/mol. The molecule has 0 spiro atoms. The lowest BCUT2D eigenvalue weighted by molar-refractivity contribution is -0.122. The summed E-state index contributed by atoms with van der Waals surface area (Å²) in [6.45, 7) is 1.21. The Kier molecular flexibility index (Phi) is 4.26. The van der Waals surface area contributed by atoms with Crippen LogP contribution in [0.5, 0.6) is 0 Å². The predicted octanol–water partition coefficient (Wildman–Crippen LogP) is 1.68. The molecule has 2 aromatic rings. The molecule has 2 aliphatic heterocycles. The van der Waals surface area contributed by atoms with Gasteiger partial charge in [0.05, 0.1) is 0 Å². The fourth-order valence-electron chi connectivity index (χ4n) is 3.74. The third-order valence-corrected chi connectivity index (χ3v) is 5.05. The van der Waals surface area contributed by atoms with Crippen LogP contribution in [0, 0.1) is 0 Å². The van der Waals surface area contributed by atoms with Gasteiger partial charge in [0.1, 0.15) is 5.82 Å². The molecule has 1 aromatic carbocycles. The van der Waals surface area contributed by atoms with Gasteiger partial charge in [-0.3, -0.25) is 9.59 Å². The molecule has 2 aliphatic rings. The lowest BCUT2D eigenvalue weighted by atomic mass is 10.0. The van der Waals surface area contributed by atoms with E-state index in [0.29, 0.717) is 19.4 Å². The Bertz CT molecular complexity index is 798. The maximum atomic E-state index is 12.3. The number of para-hydroxylation sites is 1. The highest BCUT2D eigenvalue weighted by Crippen LogP contribution is 2.27. The van der Waals surface area contributed by atoms with Gasteiger partial charge in [0.15, 0.2) is 0 Å². The summed E-state index contributed by atoms with van der Waals surface area (Å²) < 4.78 is 2.10. The standard InChI is InChI=1S/C19H22N4O2/c24-18(21-15-6-7-17-20-10-12-22(17)13-15)9-11-23-16-4-2-1-3-14(16)5-8-19(23)25/h1-4,10,12,15H,5-9,11,13H2,(H,21,24)/t15-/m1/s1. The zero-order chi connectivity index (χ0) is 17.2. The first-order valence-electron chi connectivity index (χ1n) is 8.88. The molecule has 1 atom stereocenters. The third-order valence-electron chi connectivity index (χ3n) is 5.05. The second-order valence-corrected chi connectivity index (χ2v) is 6.72. The van der Waals surface area contributed by atoms with Gasteiger partial charge in [-0.2, -0.15) is 0 Å². The topological polar surface area (TPSA) is 67.2 Å². The summed E-state index contributed by atoms with van der Waals surface area (Å²) in [4.78, 5) is 30.7. The fourth-order valence-corrected chi connectivity index (χ4v) is 3.74. The smallest absolute Gasteiger partial charge is 0.227 e. The van der Waals surface area contributed by atoms with Gasteiger partial charge in [-0.1, -0.05) is 18.2 Å². The Labute approximate surface area is 146 Å². The minimum atomic E-state index is 0.00409. The monoisotopic (exact) mass is 338 g/mol. The van der Waals surface area contributed by atoms with Crippen LogP contribution in [0.4, 0.5) is 5.69 Å². The Morgan fingerprint density at radius 2 is 2.12 bits per heavy atom. The van der Waals surface area contributed by atoms with E-state index in [0.717, 1.165) is 37.3 Å². The molecule has 0 fully saturated rings. The molecule has 6 heteroatoms. The van der Waals surface area contributed by atoms with Gasteiger partial charge in [0.2, 0.25) is 11.8 Å². The van der Waals surface area contributed by atoms with Crippen LogP contribution in [-0.2, 0) is 29.0 Å². The number of aryl methyl sites for hydroxylation is 2. The Morgan fingerprint density at radius 1 is 1.24 bits per heavy atom. The number of nitrogens with one attached hydrogen (secondary N) is 1. The van der Waals surface area contributed by atoms with E-state index in [-0.39, 0.29) is 17.9 Å². The van der Waals surface area contributed by atoms with E-state index in [1.165, 1.54) is 5.56 Å².